The number of nitro benzene ring substituents is 1. The van der Waals surface area contributed by atoms with Crippen molar-refractivity contribution in [3.8, 4) is 0 Å². The van der Waals surface area contributed by atoms with Crippen LogP contribution in [0.25, 0.3) is 0 Å². The Labute approximate surface area is 127 Å². The van der Waals surface area contributed by atoms with Crippen LogP contribution in [0.2, 0.25) is 5.02 Å². The van der Waals surface area contributed by atoms with E-state index in [-0.39, 0.29) is 10.6 Å². The third kappa shape index (κ3) is 2.78. The summed E-state index contributed by atoms with van der Waals surface area (Å²) in [6.45, 7) is 1.31. The molecule has 0 atom stereocenters. The van der Waals surface area contributed by atoms with Crippen LogP contribution in [0.5, 0.6) is 0 Å². The molecule has 1 aliphatic rings. The Morgan fingerprint density at radius 1 is 1.33 bits per heavy atom. The molecule has 0 fully saturated rings. The Hall–Kier alpha value is -2.27. The van der Waals surface area contributed by atoms with Crippen molar-refractivity contribution in [1.29, 1.82) is 0 Å². The number of halogens is 1. The second-order valence-corrected chi connectivity index (χ2v) is 5.34. The molecule has 21 heavy (non-hydrogen) atoms. The molecule has 1 heterocycles. The first-order chi connectivity index (χ1) is 10.1. The van der Waals surface area contributed by atoms with Crippen LogP contribution >= 0.6 is 11.6 Å². The van der Waals surface area contributed by atoms with Gasteiger partial charge in [0, 0.05) is 35.4 Å². The molecule has 0 bridgehead atoms. The van der Waals surface area contributed by atoms with Gasteiger partial charge in [-0.3, -0.25) is 10.1 Å². The van der Waals surface area contributed by atoms with E-state index in [1.807, 2.05) is 18.2 Å². The molecule has 3 rings (SSSR count). The van der Waals surface area contributed by atoms with Crippen molar-refractivity contribution < 1.29 is 4.92 Å². The molecule has 2 N–H and O–H groups in total. The summed E-state index contributed by atoms with van der Waals surface area (Å²) in [5.74, 6) is 0. The van der Waals surface area contributed by atoms with E-state index >= 15 is 0 Å². The molecule has 1 aliphatic heterocycles. The van der Waals surface area contributed by atoms with Crippen molar-refractivity contribution >= 4 is 28.7 Å². The van der Waals surface area contributed by atoms with E-state index in [9.17, 15) is 10.1 Å². The maximum Gasteiger partial charge on any atom is 0.292 e. The lowest BCUT2D eigenvalue weighted by molar-refractivity contribution is -0.384. The summed E-state index contributed by atoms with van der Waals surface area (Å²) in [5, 5.41) is 18.3. The van der Waals surface area contributed by atoms with Crippen LogP contribution in [0, 0.1) is 10.1 Å². The van der Waals surface area contributed by atoms with Gasteiger partial charge in [0.25, 0.3) is 5.69 Å². The molecule has 0 unspecified atom stereocenters. The molecule has 0 aromatic heterocycles. The average Bonchev–Trinajstić information content (AvgIpc) is 2.93. The summed E-state index contributed by atoms with van der Waals surface area (Å²) >= 11 is 5.96. The molecule has 2 aromatic carbocycles. The highest BCUT2D eigenvalue weighted by Gasteiger charge is 2.23. The lowest BCUT2D eigenvalue weighted by Gasteiger charge is -2.12. The minimum Gasteiger partial charge on any atom is -0.384 e. The van der Waals surface area contributed by atoms with Crippen molar-refractivity contribution in [2.75, 3.05) is 17.2 Å². The lowest BCUT2D eigenvalue weighted by Crippen LogP contribution is -2.05. The molecule has 0 saturated carbocycles. The molecule has 6 heteroatoms. The van der Waals surface area contributed by atoms with Crippen LogP contribution < -0.4 is 10.6 Å². The fourth-order valence-electron chi connectivity index (χ4n) is 2.57. The zero-order valence-electron chi connectivity index (χ0n) is 11.2. The average molecular weight is 304 g/mol. The molecular formula is C15H14ClN3O2. The van der Waals surface area contributed by atoms with E-state index in [1.165, 1.54) is 6.07 Å². The van der Waals surface area contributed by atoms with Crippen LogP contribution in [-0.2, 0) is 13.0 Å². The molecule has 0 saturated heterocycles. The van der Waals surface area contributed by atoms with Crippen LogP contribution in [0.1, 0.15) is 11.1 Å². The Kier molecular flexibility index (Phi) is 3.66. The number of nitro groups is 1. The Morgan fingerprint density at radius 3 is 2.95 bits per heavy atom. The van der Waals surface area contributed by atoms with Crippen LogP contribution in [0.4, 0.5) is 17.1 Å². The minimum absolute atomic E-state index is 0.111. The van der Waals surface area contributed by atoms with Gasteiger partial charge in [-0.05, 0) is 30.2 Å². The Bertz CT molecular complexity index is 703. The first-order valence-electron chi connectivity index (χ1n) is 6.67. The molecule has 0 aliphatic carbocycles. The van der Waals surface area contributed by atoms with E-state index in [0.29, 0.717) is 17.3 Å². The smallest absolute Gasteiger partial charge is 0.292 e. The van der Waals surface area contributed by atoms with Crippen LogP contribution in [-0.4, -0.2) is 11.5 Å². The van der Waals surface area contributed by atoms with Gasteiger partial charge in [0.2, 0.25) is 0 Å². The van der Waals surface area contributed by atoms with Crippen LogP contribution in [0.15, 0.2) is 36.4 Å². The first-order valence-corrected chi connectivity index (χ1v) is 7.05. The minimum atomic E-state index is -0.348. The van der Waals surface area contributed by atoms with Gasteiger partial charge in [-0.25, -0.2) is 0 Å². The maximum absolute atomic E-state index is 11.2. The quantitative estimate of drug-likeness (QED) is 0.665. The fraction of sp³-hybridized carbons (Fsp3) is 0.200. The van der Waals surface area contributed by atoms with Crippen LogP contribution in [0.3, 0.4) is 0 Å². The van der Waals surface area contributed by atoms with E-state index in [1.54, 1.807) is 12.1 Å². The van der Waals surface area contributed by atoms with Gasteiger partial charge in [0.05, 0.1) is 4.92 Å². The van der Waals surface area contributed by atoms with E-state index in [4.69, 9.17) is 11.6 Å². The molecule has 108 valence electrons. The maximum atomic E-state index is 11.2. The van der Waals surface area contributed by atoms with E-state index in [0.717, 1.165) is 29.8 Å². The van der Waals surface area contributed by atoms with Gasteiger partial charge in [-0.2, -0.15) is 0 Å². The van der Waals surface area contributed by atoms with Gasteiger partial charge >= 0.3 is 0 Å². The summed E-state index contributed by atoms with van der Waals surface area (Å²) in [5.41, 5.74) is 3.64. The highest BCUT2D eigenvalue weighted by Crippen LogP contribution is 2.37. The summed E-state index contributed by atoms with van der Waals surface area (Å²) in [4.78, 5) is 10.9. The second-order valence-electron chi connectivity index (χ2n) is 4.90. The fourth-order valence-corrected chi connectivity index (χ4v) is 2.78. The summed E-state index contributed by atoms with van der Waals surface area (Å²) in [6, 6.07) is 10.8. The topological polar surface area (TPSA) is 67.2 Å². The highest BCUT2D eigenvalue weighted by molar-refractivity contribution is 6.30. The number of anilines is 2. The number of fused-ring (bicyclic) bond motifs is 1. The third-order valence-corrected chi connectivity index (χ3v) is 3.77. The first kappa shape index (κ1) is 13.7. The number of nitrogens with zero attached hydrogens (tertiary/aromatic N) is 1. The van der Waals surface area contributed by atoms with E-state index in [2.05, 4.69) is 10.6 Å². The molecule has 2 aromatic rings. The number of rotatable bonds is 4. The zero-order chi connectivity index (χ0) is 14.8. The summed E-state index contributed by atoms with van der Waals surface area (Å²) < 4.78 is 0. The standard InChI is InChI=1S/C15H14ClN3O2/c16-11-3-1-2-10(8-11)9-18-15-12-6-7-17-13(12)4-5-14(15)19(20)21/h1-5,8,17-18H,6-7,9H2. The highest BCUT2D eigenvalue weighted by atomic mass is 35.5. The molecule has 5 nitrogen and oxygen atoms in total. The van der Waals surface area contributed by atoms with Crippen molar-refractivity contribution in [2.45, 2.75) is 13.0 Å². The van der Waals surface area contributed by atoms with Crippen molar-refractivity contribution in [2.24, 2.45) is 0 Å². The SMILES string of the molecule is O=[N+]([O-])c1ccc2c(c1NCc1cccc(Cl)c1)CCN2. The van der Waals surface area contributed by atoms with Crippen molar-refractivity contribution in [3.05, 3.63) is 62.7 Å². The Morgan fingerprint density at radius 2 is 2.19 bits per heavy atom. The van der Waals surface area contributed by atoms with Gasteiger partial charge < -0.3 is 10.6 Å². The predicted octanol–water partition coefficient (Wildman–Crippen LogP) is 3.83. The summed E-state index contributed by atoms with van der Waals surface area (Å²) in [7, 11) is 0. The van der Waals surface area contributed by atoms with Gasteiger partial charge in [-0.1, -0.05) is 23.7 Å². The normalized spacial score (nSPS) is 12.6. The number of hydrogen-bond donors (Lipinski definition) is 2. The number of nitrogens with one attached hydrogen (secondary N) is 2. The monoisotopic (exact) mass is 303 g/mol. The second kappa shape index (κ2) is 5.61. The van der Waals surface area contributed by atoms with Crippen molar-refractivity contribution in [3.63, 3.8) is 0 Å². The summed E-state index contributed by atoms with van der Waals surface area (Å²) in [6.07, 6.45) is 0.787. The van der Waals surface area contributed by atoms with Crippen molar-refractivity contribution in [1.82, 2.24) is 0 Å². The predicted molar refractivity (Wildman–Crippen MR) is 84.1 cm³/mol. The van der Waals surface area contributed by atoms with Gasteiger partial charge in [0.1, 0.15) is 5.69 Å². The van der Waals surface area contributed by atoms with Gasteiger partial charge in [0.15, 0.2) is 0 Å². The molecule has 0 radical (unpaired) electrons. The number of hydrogen-bond acceptors (Lipinski definition) is 4. The third-order valence-electron chi connectivity index (χ3n) is 3.54. The molecule has 0 spiro atoms. The largest absolute Gasteiger partial charge is 0.384 e. The molecular weight excluding hydrogens is 290 g/mol. The number of benzene rings is 2. The molecule has 0 amide bonds. The Balaban J connectivity index is 1.90. The van der Waals surface area contributed by atoms with E-state index < -0.39 is 0 Å². The van der Waals surface area contributed by atoms with Gasteiger partial charge in [-0.15, -0.1) is 0 Å². The zero-order valence-corrected chi connectivity index (χ0v) is 12.0. The lowest BCUT2D eigenvalue weighted by atomic mass is 10.1.